The topological polar surface area (TPSA) is 73.6 Å². The number of amides is 1. The molecule has 2 aromatic carbocycles. The third-order valence-electron chi connectivity index (χ3n) is 4.67. The summed E-state index contributed by atoms with van der Waals surface area (Å²) in [6.45, 7) is 4.34. The minimum Gasteiger partial charge on any atom is -0.493 e. The number of carbonyl (C=O) groups is 1. The van der Waals surface area contributed by atoms with Crippen LogP contribution in [0.3, 0.4) is 0 Å². The van der Waals surface area contributed by atoms with Crippen LogP contribution in [-0.4, -0.2) is 25.7 Å². The number of carbonyl (C=O) groups excluding carboxylic acids is 1. The molecule has 146 valence electrons. The van der Waals surface area contributed by atoms with Crippen molar-refractivity contribution in [1.29, 1.82) is 0 Å². The first-order chi connectivity index (χ1) is 12.6. The van der Waals surface area contributed by atoms with Crippen LogP contribution >= 0.6 is 12.4 Å². The number of nitrogens with two attached hydrogens (primary N) is 1. The van der Waals surface area contributed by atoms with E-state index in [1.807, 2.05) is 55.5 Å². The first-order valence-electron chi connectivity index (χ1n) is 9.05. The lowest BCUT2D eigenvalue weighted by molar-refractivity contribution is -0.117. The molecule has 2 aromatic rings. The maximum atomic E-state index is 12.3. The molecule has 0 spiro atoms. The van der Waals surface area contributed by atoms with E-state index < -0.39 is 6.04 Å². The van der Waals surface area contributed by atoms with Gasteiger partial charge in [-0.15, -0.1) is 12.4 Å². The van der Waals surface area contributed by atoms with Gasteiger partial charge in [0.05, 0.1) is 6.61 Å². The van der Waals surface area contributed by atoms with Gasteiger partial charge < -0.3 is 20.5 Å². The van der Waals surface area contributed by atoms with Crippen LogP contribution in [0.5, 0.6) is 5.75 Å². The zero-order chi connectivity index (χ0) is 18.4. The van der Waals surface area contributed by atoms with E-state index in [2.05, 4.69) is 5.32 Å². The van der Waals surface area contributed by atoms with Crippen molar-refractivity contribution >= 4 is 24.0 Å². The van der Waals surface area contributed by atoms with Gasteiger partial charge in [-0.25, -0.2) is 0 Å². The van der Waals surface area contributed by atoms with E-state index in [0.29, 0.717) is 18.2 Å². The number of rotatable bonds is 6. The van der Waals surface area contributed by atoms with Crippen LogP contribution < -0.4 is 15.8 Å². The monoisotopic (exact) mass is 390 g/mol. The summed E-state index contributed by atoms with van der Waals surface area (Å²) in [6, 6.07) is 14.4. The summed E-state index contributed by atoms with van der Waals surface area (Å²) in [5.41, 5.74) is 8.69. The highest BCUT2D eigenvalue weighted by Crippen LogP contribution is 2.21. The molecule has 1 amide bonds. The van der Waals surface area contributed by atoms with Crippen molar-refractivity contribution in [2.45, 2.75) is 25.8 Å². The third-order valence-corrected chi connectivity index (χ3v) is 4.67. The Morgan fingerprint density at radius 3 is 2.41 bits per heavy atom. The summed E-state index contributed by atoms with van der Waals surface area (Å²) in [5.74, 6) is 1.12. The zero-order valence-electron chi connectivity index (χ0n) is 15.5. The van der Waals surface area contributed by atoms with Crippen molar-refractivity contribution in [2.75, 3.05) is 25.1 Å². The summed E-state index contributed by atoms with van der Waals surface area (Å²) >= 11 is 0. The van der Waals surface area contributed by atoms with E-state index in [-0.39, 0.29) is 18.3 Å². The van der Waals surface area contributed by atoms with Crippen molar-refractivity contribution < 1.29 is 14.3 Å². The molecule has 1 atom stereocenters. The lowest BCUT2D eigenvalue weighted by Gasteiger charge is -2.22. The molecule has 3 N–H and O–H groups in total. The van der Waals surface area contributed by atoms with Gasteiger partial charge in [-0.05, 0) is 55.5 Å². The highest BCUT2D eigenvalue weighted by atomic mass is 35.5. The van der Waals surface area contributed by atoms with Crippen LogP contribution in [0.25, 0.3) is 0 Å². The number of hydrogen-bond acceptors (Lipinski definition) is 4. The Balaban J connectivity index is 0.00000261. The van der Waals surface area contributed by atoms with Crippen LogP contribution in [0.1, 0.15) is 30.0 Å². The minimum atomic E-state index is -0.694. The molecular formula is C21H27ClN2O3. The Kier molecular flexibility index (Phi) is 8.10. The molecule has 0 saturated carbocycles. The number of hydrogen-bond donors (Lipinski definition) is 2. The average Bonchev–Trinajstić information content (AvgIpc) is 2.68. The molecule has 1 unspecified atom stereocenters. The predicted molar refractivity (Wildman–Crippen MR) is 109 cm³/mol. The van der Waals surface area contributed by atoms with Gasteiger partial charge in [0.1, 0.15) is 11.8 Å². The fraction of sp³-hybridized carbons (Fsp3) is 0.381. The molecule has 1 fully saturated rings. The summed E-state index contributed by atoms with van der Waals surface area (Å²) < 4.78 is 11.2. The van der Waals surface area contributed by atoms with E-state index in [4.69, 9.17) is 15.2 Å². The smallest absolute Gasteiger partial charge is 0.245 e. The van der Waals surface area contributed by atoms with E-state index in [1.165, 1.54) is 0 Å². The largest absolute Gasteiger partial charge is 0.493 e. The number of halogens is 1. The fourth-order valence-electron chi connectivity index (χ4n) is 2.91. The van der Waals surface area contributed by atoms with Gasteiger partial charge in [-0.3, -0.25) is 4.79 Å². The average molecular weight is 391 g/mol. The molecule has 0 aromatic heterocycles. The molecule has 0 bridgehead atoms. The summed E-state index contributed by atoms with van der Waals surface area (Å²) in [4.78, 5) is 12.3. The first kappa shape index (κ1) is 21.2. The first-order valence-corrected chi connectivity index (χ1v) is 9.05. The Morgan fingerprint density at radius 2 is 1.78 bits per heavy atom. The number of ether oxygens (including phenoxy) is 2. The SMILES string of the molecule is Cc1ccc(C(N)C(=O)Nc2ccc(OCC3CCOCC3)cc2)cc1.Cl. The summed E-state index contributed by atoms with van der Waals surface area (Å²) in [5, 5.41) is 2.85. The van der Waals surface area contributed by atoms with Gasteiger partial charge in [0.25, 0.3) is 0 Å². The standard InChI is InChI=1S/C21H26N2O3.ClH/c1-15-2-4-17(5-3-15)20(22)21(24)23-18-6-8-19(9-7-18)26-14-16-10-12-25-13-11-16;/h2-9,16,20H,10-14,22H2,1H3,(H,23,24);1H. The number of aryl methyl sites for hydroxylation is 1. The predicted octanol–water partition coefficient (Wildman–Crippen LogP) is 3.86. The molecule has 5 nitrogen and oxygen atoms in total. The molecule has 0 radical (unpaired) electrons. The normalized spacial score (nSPS) is 15.5. The summed E-state index contributed by atoms with van der Waals surface area (Å²) in [6.07, 6.45) is 2.09. The quantitative estimate of drug-likeness (QED) is 0.785. The molecule has 0 aliphatic carbocycles. The van der Waals surface area contributed by atoms with Crippen molar-refractivity contribution in [3.63, 3.8) is 0 Å². The van der Waals surface area contributed by atoms with E-state index in [9.17, 15) is 4.79 Å². The van der Waals surface area contributed by atoms with Crippen LogP contribution in [0, 0.1) is 12.8 Å². The van der Waals surface area contributed by atoms with Crippen molar-refractivity contribution in [3.8, 4) is 5.75 Å². The molecule has 1 aliphatic rings. The van der Waals surface area contributed by atoms with Gasteiger partial charge >= 0.3 is 0 Å². The minimum absolute atomic E-state index is 0. The molecule has 1 aliphatic heterocycles. The Labute approximate surface area is 166 Å². The van der Waals surface area contributed by atoms with E-state index in [0.717, 1.165) is 42.9 Å². The van der Waals surface area contributed by atoms with Crippen molar-refractivity contribution in [2.24, 2.45) is 11.7 Å². The summed E-state index contributed by atoms with van der Waals surface area (Å²) in [7, 11) is 0. The number of anilines is 1. The van der Waals surface area contributed by atoms with Gasteiger partial charge in [-0.1, -0.05) is 29.8 Å². The molecule has 27 heavy (non-hydrogen) atoms. The van der Waals surface area contributed by atoms with Crippen LogP contribution in [0.2, 0.25) is 0 Å². The second kappa shape index (κ2) is 10.3. The van der Waals surface area contributed by atoms with Gasteiger partial charge in [-0.2, -0.15) is 0 Å². The van der Waals surface area contributed by atoms with Gasteiger partial charge in [0.2, 0.25) is 5.91 Å². The van der Waals surface area contributed by atoms with Crippen molar-refractivity contribution in [3.05, 3.63) is 59.7 Å². The van der Waals surface area contributed by atoms with Gasteiger partial charge in [0.15, 0.2) is 0 Å². The Hall–Kier alpha value is -2.08. The van der Waals surface area contributed by atoms with E-state index >= 15 is 0 Å². The second-order valence-corrected chi connectivity index (χ2v) is 6.77. The fourth-order valence-corrected chi connectivity index (χ4v) is 2.91. The van der Waals surface area contributed by atoms with Crippen molar-refractivity contribution in [1.82, 2.24) is 0 Å². The van der Waals surface area contributed by atoms with Gasteiger partial charge in [0, 0.05) is 18.9 Å². The zero-order valence-corrected chi connectivity index (χ0v) is 16.3. The van der Waals surface area contributed by atoms with Crippen LogP contribution in [0.4, 0.5) is 5.69 Å². The highest BCUT2D eigenvalue weighted by Gasteiger charge is 2.16. The molecule has 1 saturated heterocycles. The molecular weight excluding hydrogens is 364 g/mol. The Morgan fingerprint density at radius 1 is 1.15 bits per heavy atom. The third kappa shape index (κ3) is 6.24. The number of nitrogens with one attached hydrogen (secondary N) is 1. The lowest BCUT2D eigenvalue weighted by atomic mass is 10.0. The second-order valence-electron chi connectivity index (χ2n) is 6.77. The highest BCUT2D eigenvalue weighted by molar-refractivity contribution is 5.95. The molecule has 1 heterocycles. The van der Waals surface area contributed by atoms with Crippen LogP contribution in [-0.2, 0) is 9.53 Å². The Bertz CT molecular complexity index is 713. The lowest BCUT2D eigenvalue weighted by Crippen LogP contribution is -2.27. The van der Waals surface area contributed by atoms with E-state index in [1.54, 1.807) is 0 Å². The maximum Gasteiger partial charge on any atom is 0.245 e. The molecule has 6 heteroatoms. The maximum absolute atomic E-state index is 12.3. The number of benzene rings is 2. The molecule has 3 rings (SSSR count). The van der Waals surface area contributed by atoms with Crippen LogP contribution in [0.15, 0.2) is 48.5 Å².